The molecule has 84 valence electrons. The van der Waals surface area contributed by atoms with Crippen molar-refractivity contribution in [2.24, 2.45) is 0 Å². The number of carbonyl (C=O) groups is 2. The first-order valence-electron chi connectivity index (χ1n) is 5.29. The molecule has 1 aliphatic heterocycles. The van der Waals surface area contributed by atoms with Crippen LogP contribution in [0.3, 0.4) is 0 Å². The van der Waals surface area contributed by atoms with Crippen LogP contribution in [0, 0.1) is 0 Å². The van der Waals surface area contributed by atoms with Gasteiger partial charge in [-0.2, -0.15) is 0 Å². The largest absolute Gasteiger partial charge is 0.491 e. The Balaban J connectivity index is 2.31. The number of hydrogen-bond donors (Lipinski definition) is 0. The summed E-state index contributed by atoms with van der Waals surface area (Å²) in [5, 5.41) is 0. The number of benzene rings is 1. The second-order valence-electron chi connectivity index (χ2n) is 3.57. The Morgan fingerprint density at radius 1 is 1.38 bits per heavy atom. The highest BCUT2D eigenvalue weighted by Crippen LogP contribution is 2.30. The molecule has 1 amide bonds. The maximum absolute atomic E-state index is 11.8. The van der Waals surface area contributed by atoms with Crippen molar-refractivity contribution in [3.05, 3.63) is 24.3 Å². The van der Waals surface area contributed by atoms with Crippen LogP contribution < -0.4 is 9.64 Å². The van der Waals surface area contributed by atoms with Gasteiger partial charge < -0.3 is 14.4 Å². The number of anilines is 1. The molecular weight excluding hydrogens is 206 g/mol. The zero-order chi connectivity index (χ0) is 11.4. The molecule has 0 bridgehead atoms. The molecule has 0 N–H and O–H groups in total. The van der Waals surface area contributed by atoms with Crippen molar-refractivity contribution >= 4 is 17.9 Å². The molecule has 16 heavy (non-hydrogen) atoms. The van der Waals surface area contributed by atoms with Crippen molar-refractivity contribution in [3.8, 4) is 5.75 Å². The van der Waals surface area contributed by atoms with Crippen LogP contribution in [0.2, 0.25) is 0 Å². The molecule has 0 fully saturated rings. The highest BCUT2D eigenvalue weighted by Gasteiger charge is 2.22. The Morgan fingerprint density at radius 3 is 3.00 bits per heavy atom. The van der Waals surface area contributed by atoms with E-state index in [1.54, 1.807) is 4.90 Å². The molecule has 1 aromatic rings. The minimum atomic E-state index is 0.00630. The molecule has 1 aliphatic rings. The molecular formula is C12H13NO3. The van der Waals surface area contributed by atoms with E-state index in [2.05, 4.69) is 0 Å². The van der Waals surface area contributed by atoms with Crippen molar-refractivity contribution < 1.29 is 14.3 Å². The predicted molar refractivity (Wildman–Crippen MR) is 59.6 cm³/mol. The van der Waals surface area contributed by atoms with Gasteiger partial charge in [0.15, 0.2) is 0 Å². The third-order valence-corrected chi connectivity index (χ3v) is 2.50. The van der Waals surface area contributed by atoms with E-state index in [0.717, 1.165) is 12.0 Å². The van der Waals surface area contributed by atoms with Crippen LogP contribution in [0.5, 0.6) is 5.75 Å². The SMILES string of the molecule is O=CCCN1C(=O)CCOc2ccccc21. The Hall–Kier alpha value is -1.84. The summed E-state index contributed by atoms with van der Waals surface area (Å²) in [6, 6.07) is 7.40. The van der Waals surface area contributed by atoms with Gasteiger partial charge in [0, 0.05) is 13.0 Å². The standard InChI is InChI=1S/C12H13NO3/c14-8-3-7-13-10-4-1-2-5-11(10)16-9-6-12(13)15/h1-2,4-5,8H,3,6-7,9H2. The van der Waals surface area contributed by atoms with E-state index in [1.165, 1.54) is 0 Å². The summed E-state index contributed by atoms with van der Waals surface area (Å²) < 4.78 is 5.48. The van der Waals surface area contributed by atoms with Gasteiger partial charge in [-0.15, -0.1) is 0 Å². The molecule has 0 aromatic heterocycles. The van der Waals surface area contributed by atoms with Gasteiger partial charge in [0.2, 0.25) is 5.91 Å². The zero-order valence-corrected chi connectivity index (χ0v) is 8.89. The third kappa shape index (κ3) is 2.05. The van der Waals surface area contributed by atoms with Gasteiger partial charge in [0.05, 0.1) is 18.7 Å². The van der Waals surface area contributed by atoms with Gasteiger partial charge in [0.1, 0.15) is 12.0 Å². The number of nitrogens with zero attached hydrogens (tertiary/aromatic N) is 1. The molecule has 0 saturated heterocycles. The topological polar surface area (TPSA) is 46.6 Å². The fourth-order valence-corrected chi connectivity index (χ4v) is 1.75. The Morgan fingerprint density at radius 2 is 2.19 bits per heavy atom. The molecule has 2 rings (SSSR count). The number of rotatable bonds is 3. The smallest absolute Gasteiger partial charge is 0.230 e. The molecule has 1 aromatic carbocycles. The van der Waals surface area contributed by atoms with E-state index in [1.807, 2.05) is 24.3 Å². The monoisotopic (exact) mass is 219 g/mol. The van der Waals surface area contributed by atoms with Crippen LogP contribution in [0.1, 0.15) is 12.8 Å². The maximum atomic E-state index is 11.8. The number of hydrogen-bond acceptors (Lipinski definition) is 3. The minimum Gasteiger partial charge on any atom is -0.491 e. The van der Waals surface area contributed by atoms with Gasteiger partial charge in [-0.25, -0.2) is 0 Å². The number of fused-ring (bicyclic) bond motifs is 1. The lowest BCUT2D eigenvalue weighted by Crippen LogP contribution is -2.31. The quantitative estimate of drug-likeness (QED) is 0.722. The van der Waals surface area contributed by atoms with Crippen molar-refractivity contribution in [2.45, 2.75) is 12.8 Å². The summed E-state index contributed by atoms with van der Waals surface area (Å²) in [6.45, 7) is 0.816. The molecule has 0 unspecified atom stereocenters. The number of aldehydes is 1. The molecule has 0 atom stereocenters. The summed E-state index contributed by atoms with van der Waals surface area (Å²) in [7, 11) is 0. The normalized spacial score (nSPS) is 15.0. The lowest BCUT2D eigenvalue weighted by molar-refractivity contribution is -0.118. The number of amides is 1. The van der Waals surface area contributed by atoms with Crippen molar-refractivity contribution in [2.75, 3.05) is 18.1 Å². The number of carbonyl (C=O) groups excluding carboxylic acids is 2. The van der Waals surface area contributed by atoms with Crippen LogP contribution in [-0.2, 0) is 9.59 Å². The van der Waals surface area contributed by atoms with Crippen molar-refractivity contribution in [1.29, 1.82) is 0 Å². The molecule has 0 aliphatic carbocycles. The molecule has 0 saturated carbocycles. The first-order chi connectivity index (χ1) is 7.83. The Labute approximate surface area is 93.8 Å². The van der Waals surface area contributed by atoms with Gasteiger partial charge in [-0.1, -0.05) is 12.1 Å². The van der Waals surface area contributed by atoms with Gasteiger partial charge >= 0.3 is 0 Å². The van der Waals surface area contributed by atoms with Crippen molar-refractivity contribution in [3.63, 3.8) is 0 Å². The Kier molecular flexibility index (Phi) is 3.19. The van der Waals surface area contributed by atoms with E-state index in [-0.39, 0.29) is 5.91 Å². The van der Waals surface area contributed by atoms with E-state index < -0.39 is 0 Å². The molecule has 1 heterocycles. The van der Waals surface area contributed by atoms with Crippen LogP contribution in [0.15, 0.2) is 24.3 Å². The maximum Gasteiger partial charge on any atom is 0.230 e. The van der Waals surface area contributed by atoms with Crippen LogP contribution in [0.4, 0.5) is 5.69 Å². The van der Waals surface area contributed by atoms with E-state index >= 15 is 0 Å². The molecule has 4 heteroatoms. The van der Waals surface area contributed by atoms with Crippen LogP contribution in [0.25, 0.3) is 0 Å². The Bertz CT molecular complexity index is 403. The van der Waals surface area contributed by atoms with E-state index in [0.29, 0.717) is 31.7 Å². The molecule has 4 nitrogen and oxygen atoms in total. The lowest BCUT2D eigenvalue weighted by atomic mass is 10.2. The minimum absolute atomic E-state index is 0.00630. The van der Waals surface area contributed by atoms with Crippen LogP contribution in [-0.4, -0.2) is 25.3 Å². The van der Waals surface area contributed by atoms with Gasteiger partial charge in [-0.3, -0.25) is 4.79 Å². The highest BCUT2D eigenvalue weighted by atomic mass is 16.5. The number of ether oxygens (including phenoxy) is 1. The summed E-state index contributed by atoms with van der Waals surface area (Å²) in [5.41, 5.74) is 0.756. The zero-order valence-electron chi connectivity index (χ0n) is 8.89. The predicted octanol–water partition coefficient (Wildman–Crippen LogP) is 1.39. The fourth-order valence-electron chi connectivity index (χ4n) is 1.75. The number of para-hydroxylation sites is 2. The first-order valence-corrected chi connectivity index (χ1v) is 5.29. The second-order valence-corrected chi connectivity index (χ2v) is 3.57. The second kappa shape index (κ2) is 4.79. The summed E-state index contributed by atoms with van der Waals surface area (Å²) in [5.74, 6) is 0.714. The average Bonchev–Trinajstić information content (AvgIpc) is 2.46. The summed E-state index contributed by atoms with van der Waals surface area (Å²) in [4.78, 5) is 23.8. The van der Waals surface area contributed by atoms with Gasteiger partial charge in [0.25, 0.3) is 0 Å². The van der Waals surface area contributed by atoms with E-state index in [4.69, 9.17) is 4.74 Å². The first kappa shape index (κ1) is 10.7. The van der Waals surface area contributed by atoms with Gasteiger partial charge in [-0.05, 0) is 12.1 Å². The molecule has 0 spiro atoms. The third-order valence-electron chi connectivity index (χ3n) is 2.50. The lowest BCUT2D eigenvalue weighted by Gasteiger charge is -2.20. The summed E-state index contributed by atoms with van der Waals surface area (Å²) in [6.07, 6.45) is 1.52. The van der Waals surface area contributed by atoms with Crippen molar-refractivity contribution in [1.82, 2.24) is 0 Å². The van der Waals surface area contributed by atoms with E-state index in [9.17, 15) is 9.59 Å². The highest BCUT2D eigenvalue weighted by molar-refractivity contribution is 5.95. The summed E-state index contributed by atoms with van der Waals surface area (Å²) >= 11 is 0. The van der Waals surface area contributed by atoms with Crippen LogP contribution >= 0.6 is 0 Å². The fraction of sp³-hybridized carbons (Fsp3) is 0.333. The molecule has 0 radical (unpaired) electrons. The average molecular weight is 219 g/mol.